The Balaban J connectivity index is 1.45. The maximum absolute atomic E-state index is 14.7. The van der Waals surface area contributed by atoms with Crippen LogP contribution in [0, 0.1) is 5.82 Å². The number of rotatable bonds is 7. The van der Waals surface area contributed by atoms with Gasteiger partial charge in [0.25, 0.3) is 5.91 Å². The Morgan fingerprint density at radius 3 is 2.62 bits per heavy atom. The third-order valence-electron chi connectivity index (χ3n) is 8.30. The van der Waals surface area contributed by atoms with Crippen molar-refractivity contribution in [3.8, 4) is 39.8 Å². The molecule has 0 atom stereocenters. The molecule has 0 spiro atoms. The molecule has 6 aromatic rings. The number of aromatic nitrogens is 3. The number of ether oxygens (including phenoxy) is 1. The number of alkyl halides is 2. The predicted molar refractivity (Wildman–Crippen MR) is 171 cm³/mol. The van der Waals surface area contributed by atoms with Gasteiger partial charge in [0.05, 0.1) is 40.1 Å². The topological polar surface area (TPSA) is 120 Å². The fourth-order valence-corrected chi connectivity index (χ4v) is 6.49. The fourth-order valence-electron chi connectivity index (χ4n) is 5.98. The average Bonchev–Trinajstić information content (AvgIpc) is 3.62. The molecule has 1 N–H and O–H groups in total. The molecule has 0 radical (unpaired) electrons. The van der Waals surface area contributed by atoms with Crippen molar-refractivity contribution in [1.29, 1.82) is 0 Å². The molecule has 0 aliphatic carbocycles. The van der Waals surface area contributed by atoms with E-state index < -0.39 is 22.5 Å². The molecule has 0 unspecified atom stereocenters. The van der Waals surface area contributed by atoms with Crippen molar-refractivity contribution >= 4 is 43.5 Å². The van der Waals surface area contributed by atoms with E-state index >= 15 is 0 Å². The lowest BCUT2D eigenvalue weighted by Gasteiger charge is -2.23. The highest BCUT2D eigenvalue weighted by Crippen LogP contribution is 2.42. The predicted octanol–water partition coefficient (Wildman–Crippen LogP) is 6.23. The standard InChI is InChI=1S/C33H26F3N5O5S/c1-37-32(42)29-21-13-20(23-9-7-17-11-12-41-24-6-4-5-22(34)19(24)14-26(41)30(17)39-23)25(40(2)47(3,43)44)15-27(21)45-31(29)18-8-10-28(38-16-18)46-33(35)36/h4-10,13-16,33H,11-12H2,1-3H3,(H,37,42). The lowest BCUT2D eigenvalue weighted by atomic mass is 9.99. The number of carbonyl (C=O) groups excluding carboxylic acids is 1. The van der Waals surface area contributed by atoms with Gasteiger partial charge in [-0.15, -0.1) is 0 Å². The minimum absolute atomic E-state index is 0.0884. The Kier molecular flexibility index (Phi) is 7.19. The van der Waals surface area contributed by atoms with Gasteiger partial charge in [0.2, 0.25) is 15.9 Å². The Hall–Kier alpha value is -5.37. The van der Waals surface area contributed by atoms with Gasteiger partial charge in [-0.05, 0) is 48.4 Å². The molecule has 1 aliphatic heterocycles. The lowest BCUT2D eigenvalue weighted by Crippen LogP contribution is -2.25. The first-order valence-electron chi connectivity index (χ1n) is 14.4. The second-order valence-electron chi connectivity index (χ2n) is 11.1. The SMILES string of the molecule is CNC(=O)c1c(-c2ccc(OC(F)F)nc2)oc2cc(N(C)S(C)(=O)=O)c(-c3ccc4c(n3)-c3cc5c(F)cccc5n3CC4)cc12. The van der Waals surface area contributed by atoms with Crippen molar-refractivity contribution in [2.45, 2.75) is 19.6 Å². The molecule has 1 aliphatic rings. The molecule has 2 aromatic carbocycles. The van der Waals surface area contributed by atoms with Crippen LogP contribution in [0.25, 0.3) is 55.8 Å². The number of amides is 1. The summed E-state index contributed by atoms with van der Waals surface area (Å²) < 4.78 is 79.4. The zero-order valence-corrected chi connectivity index (χ0v) is 26.0. The molecule has 10 nitrogen and oxygen atoms in total. The molecule has 5 heterocycles. The monoisotopic (exact) mass is 661 g/mol. The molecule has 1 amide bonds. The fraction of sp³-hybridized carbons (Fsp3) is 0.182. The van der Waals surface area contributed by atoms with Gasteiger partial charge in [-0.1, -0.05) is 12.1 Å². The van der Waals surface area contributed by atoms with Crippen LogP contribution in [0.3, 0.4) is 0 Å². The second kappa shape index (κ2) is 11.2. The Morgan fingerprint density at radius 2 is 1.91 bits per heavy atom. The van der Waals surface area contributed by atoms with Gasteiger partial charge >= 0.3 is 6.61 Å². The number of furan rings is 1. The summed E-state index contributed by atoms with van der Waals surface area (Å²) in [5, 5.41) is 3.43. The van der Waals surface area contributed by atoms with E-state index in [4.69, 9.17) is 9.40 Å². The van der Waals surface area contributed by atoms with Crippen LogP contribution >= 0.6 is 0 Å². The van der Waals surface area contributed by atoms with Crippen molar-refractivity contribution in [1.82, 2.24) is 19.9 Å². The molecule has 0 fully saturated rings. The summed E-state index contributed by atoms with van der Waals surface area (Å²) in [6.45, 7) is -2.42. The van der Waals surface area contributed by atoms with Gasteiger partial charge in [0, 0.05) is 60.9 Å². The zero-order valence-electron chi connectivity index (χ0n) is 25.2. The summed E-state index contributed by atoms with van der Waals surface area (Å²) in [7, 11) is -0.937. The van der Waals surface area contributed by atoms with Crippen LogP contribution in [0.1, 0.15) is 15.9 Å². The van der Waals surface area contributed by atoms with Crippen molar-refractivity contribution in [2.24, 2.45) is 0 Å². The largest absolute Gasteiger partial charge is 0.455 e. The number of benzene rings is 2. The number of carbonyl (C=O) groups is 1. The number of hydrogen-bond acceptors (Lipinski definition) is 7. The number of pyridine rings is 2. The van der Waals surface area contributed by atoms with Gasteiger partial charge in [0.1, 0.15) is 17.2 Å². The van der Waals surface area contributed by atoms with Crippen LogP contribution < -0.4 is 14.4 Å². The third kappa shape index (κ3) is 5.14. The molecule has 240 valence electrons. The summed E-state index contributed by atoms with van der Waals surface area (Å²) in [5.41, 5.74) is 4.72. The van der Waals surface area contributed by atoms with E-state index in [1.807, 2.05) is 16.7 Å². The van der Waals surface area contributed by atoms with Crippen molar-refractivity contribution < 1.29 is 35.5 Å². The normalized spacial score (nSPS) is 12.7. The quantitative estimate of drug-likeness (QED) is 0.215. The summed E-state index contributed by atoms with van der Waals surface area (Å²) in [5.74, 6) is -1.08. The van der Waals surface area contributed by atoms with Crippen molar-refractivity contribution in [3.05, 3.63) is 83.8 Å². The van der Waals surface area contributed by atoms with Crippen LogP contribution in [0.4, 0.5) is 18.9 Å². The van der Waals surface area contributed by atoms with Crippen molar-refractivity contribution in [3.63, 3.8) is 0 Å². The first kappa shape index (κ1) is 30.3. The lowest BCUT2D eigenvalue weighted by molar-refractivity contribution is -0.0528. The van der Waals surface area contributed by atoms with E-state index in [1.54, 1.807) is 24.3 Å². The summed E-state index contributed by atoms with van der Waals surface area (Å²) >= 11 is 0. The van der Waals surface area contributed by atoms with Crippen LogP contribution in [0.15, 0.2) is 71.3 Å². The number of sulfonamides is 1. The zero-order chi connectivity index (χ0) is 33.2. The minimum atomic E-state index is -3.78. The van der Waals surface area contributed by atoms with Crippen LogP contribution in [0.2, 0.25) is 0 Å². The van der Waals surface area contributed by atoms with Gasteiger partial charge in [-0.25, -0.2) is 22.8 Å². The Labute approximate surface area is 266 Å². The van der Waals surface area contributed by atoms with Gasteiger partial charge in [-0.2, -0.15) is 8.78 Å². The number of nitrogens with zero attached hydrogens (tertiary/aromatic N) is 4. The van der Waals surface area contributed by atoms with E-state index in [0.717, 1.165) is 27.3 Å². The van der Waals surface area contributed by atoms with E-state index in [0.29, 0.717) is 46.3 Å². The molecule has 0 bridgehead atoms. The Morgan fingerprint density at radius 1 is 1.11 bits per heavy atom. The molecule has 0 saturated heterocycles. The summed E-state index contributed by atoms with van der Waals surface area (Å²) in [4.78, 5) is 22.2. The van der Waals surface area contributed by atoms with Crippen LogP contribution in [0.5, 0.6) is 5.88 Å². The van der Waals surface area contributed by atoms with Gasteiger partial charge < -0.3 is 19.0 Å². The highest BCUT2D eigenvalue weighted by atomic mass is 32.2. The minimum Gasteiger partial charge on any atom is -0.455 e. The number of nitrogens with one attached hydrogen (secondary N) is 1. The maximum Gasteiger partial charge on any atom is 0.388 e. The maximum atomic E-state index is 14.7. The molecular formula is C33H26F3N5O5S. The number of hydrogen-bond donors (Lipinski definition) is 1. The number of halogens is 3. The first-order chi connectivity index (χ1) is 22.4. The second-order valence-corrected chi connectivity index (χ2v) is 13.1. The van der Waals surface area contributed by atoms with E-state index in [-0.39, 0.29) is 34.3 Å². The van der Waals surface area contributed by atoms with Gasteiger partial charge in [-0.3, -0.25) is 9.10 Å². The van der Waals surface area contributed by atoms with Gasteiger partial charge in [0.15, 0.2) is 0 Å². The van der Waals surface area contributed by atoms with Crippen LogP contribution in [-0.2, 0) is 23.0 Å². The number of aryl methyl sites for hydroxylation is 2. The van der Waals surface area contributed by atoms with E-state index in [2.05, 4.69) is 15.0 Å². The molecule has 47 heavy (non-hydrogen) atoms. The third-order valence-corrected chi connectivity index (χ3v) is 9.49. The molecule has 7 rings (SSSR count). The molecular weight excluding hydrogens is 635 g/mol. The molecule has 0 saturated carbocycles. The average molecular weight is 662 g/mol. The summed E-state index contributed by atoms with van der Waals surface area (Å²) in [6.07, 6.45) is 2.96. The van der Waals surface area contributed by atoms with E-state index in [1.165, 1.54) is 44.6 Å². The number of fused-ring (bicyclic) bond motifs is 6. The van der Waals surface area contributed by atoms with E-state index in [9.17, 15) is 26.4 Å². The molecule has 14 heteroatoms. The van der Waals surface area contributed by atoms with Crippen LogP contribution in [-0.4, -0.2) is 55.8 Å². The Bertz CT molecular complexity index is 2340. The smallest absolute Gasteiger partial charge is 0.388 e. The first-order valence-corrected chi connectivity index (χ1v) is 16.3. The highest BCUT2D eigenvalue weighted by molar-refractivity contribution is 7.92. The summed E-state index contributed by atoms with van der Waals surface area (Å²) in [6, 6.07) is 16.2. The number of anilines is 1. The van der Waals surface area contributed by atoms with Crippen molar-refractivity contribution in [2.75, 3.05) is 24.7 Å². The molecule has 4 aromatic heterocycles. The highest BCUT2D eigenvalue weighted by Gasteiger charge is 2.28.